The summed E-state index contributed by atoms with van der Waals surface area (Å²) in [5, 5.41) is 38.5. The van der Waals surface area contributed by atoms with E-state index in [1.54, 1.807) is 0 Å². The van der Waals surface area contributed by atoms with Crippen molar-refractivity contribution < 1.29 is 27.9 Å². The second-order valence-corrected chi connectivity index (χ2v) is 5.61. The number of ether oxygens (including phenoxy) is 2. The maximum atomic E-state index is 9.96. The zero-order chi connectivity index (χ0) is 19.9. The first-order valence-corrected chi connectivity index (χ1v) is 8.77. The summed E-state index contributed by atoms with van der Waals surface area (Å²) in [6, 6.07) is 0. The molecule has 0 unspecified atom stereocenters. The van der Waals surface area contributed by atoms with Crippen molar-refractivity contribution in [2.24, 2.45) is 20.8 Å². The van der Waals surface area contributed by atoms with Crippen LogP contribution >= 0.6 is 0 Å². The maximum Gasteiger partial charge on any atom is 0.339 e. The molecule has 0 radical (unpaired) electrons. The Bertz CT molecular complexity index is 658. The number of unbranched alkanes of at least 4 members (excludes halogenated alkanes) is 1. The molecule has 14 heteroatoms. The lowest BCUT2D eigenvalue weighted by Gasteiger charge is -2.03. The lowest BCUT2D eigenvalue weighted by molar-refractivity contribution is -0.762. The summed E-state index contributed by atoms with van der Waals surface area (Å²) >= 11 is 0. The van der Waals surface area contributed by atoms with Crippen LogP contribution in [-0.4, -0.2) is 37.0 Å². The molecule has 0 N–H and O–H groups in total. The van der Waals surface area contributed by atoms with Gasteiger partial charge in [0.1, 0.15) is 0 Å². The van der Waals surface area contributed by atoms with Gasteiger partial charge in [-0.3, -0.25) is 9.05 Å². The third-order valence-corrected chi connectivity index (χ3v) is 3.46. The second-order valence-electron chi connectivity index (χ2n) is 5.61. The van der Waals surface area contributed by atoms with Crippen LogP contribution in [0.3, 0.4) is 0 Å². The van der Waals surface area contributed by atoms with E-state index < -0.39 is 0 Å². The van der Waals surface area contributed by atoms with E-state index in [0.717, 1.165) is 25.7 Å². The molecule has 0 atom stereocenters. The summed E-state index contributed by atoms with van der Waals surface area (Å²) in [7, 11) is 0. The second kappa shape index (κ2) is 13.2. The third kappa shape index (κ3) is 8.59. The zero-order valence-corrected chi connectivity index (χ0v) is 15.3. The summed E-state index contributed by atoms with van der Waals surface area (Å²) in [5.74, 6) is 0.150. The summed E-state index contributed by atoms with van der Waals surface area (Å²) in [4.78, 5) is 0. The Morgan fingerprint density at radius 3 is 1.61 bits per heavy atom. The molecule has 0 spiro atoms. The molecule has 0 aromatic carbocycles. The topological polar surface area (TPSA) is 174 Å². The highest BCUT2D eigenvalue weighted by Crippen LogP contribution is 2.06. The first-order valence-electron chi connectivity index (χ1n) is 8.77. The third-order valence-electron chi connectivity index (χ3n) is 3.46. The highest BCUT2D eigenvalue weighted by molar-refractivity contribution is 5.09. The van der Waals surface area contributed by atoms with Gasteiger partial charge in [-0.1, -0.05) is 9.36 Å². The van der Waals surface area contributed by atoms with E-state index >= 15 is 0 Å². The molecule has 2 aromatic rings. The minimum absolute atomic E-state index is 0.0750. The zero-order valence-electron chi connectivity index (χ0n) is 15.3. The lowest BCUT2D eigenvalue weighted by atomic mass is 10.3. The summed E-state index contributed by atoms with van der Waals surface area (Å²) in [5.41, 5.74) is 0. The van der Waals surface area contributed by atoms with Gasteiger partial charge in [-0.15, -0.1) is 10.2 Å². The van der Waals surface area contributed by atoms with Gasteiger partial charge in [0.2, 0.25) is 10.5 Å². The Hall–Kier alpha value is -3.00. The van der Waals surface area contributed by atoms with Gasteiger partial charge < -0.3 is 19.9 Å². The smallest absolute Gasteiger partial charge is 0.339 e. The summed E-state index contributed by atoms with van der Waals surface area (Å²) < 4.78 is 23.7. The average molecular weight is 398 g/mol. The Morgan fingerprint density at radius 2 is 1.18 bits per heavy atom. The molecular formula is C14H22N8O6. The Balaban J connectivity index is 1.36. The fourth-order valence-corrected chi connectivity index (χ4v) is 2.19. The van der Waals surface area contributed by atoms with Crippen LogP contribution in [0.2, 0.25) is 0 Å². The monoisotopic (exact) mass is 398 g/mol. The molecule has 0 fully saturated rings. The molecule has 28 heavy (non-hydrogen) atoms. The molecule has 2 rings (SSSR count). The quantitative estimate of drug-likeness (QED) is 0.188. The predicted molar refractivity (Wildman–Crippen MR) is 89.3 cm³/mol. The van der Waals surface area contributed by atoms with E-state index in [9.17, 15) is 10.4 Å². The van der Waals surface area contributed by atoms with Crippen LogP contribution in [0.1, 0.15) is 25.7 Å². The van der Waals surface area contributed by atoms with Crippen molar-refractivity contribution in [2.75, 3.05) is 26.4 Å². The first-order chi connectivity index (χ1) is 13.8. The van der Waals surface area contributed by atoms with Crippen molar-refractivity contribution in [3.05, 3.63) is 22.8 Å². The van der Waals surface area contributed by atoms with E-state index in [1.807, 2.05) is 0 Å². The summed E-state index contributed by atoms with van der Waals surface area (Å²) in [6.07, 6.45) is 6.34. The predicted octanol–water partition coefficient (Wildman–Crippen LogP) is 1.69. The molecule has 2 aromatic heterocycles. The van der Waals surface area contributed by atoms with Crippen LogP contribution in [0, 0.1) is 10.4 Å². The Kier molecular flexibility index (Phi) is 10.1. The molecule has 0 saturated carbocycles. The molecule has 2 heterocycles. The standard InChI is InChI=1S/C14H22N8O6/c23-17-15-13-11-21(19-27-13)5-3-9-25-7-1-2-8-26-10-4-6-22-12-14(16-18-24)28-20-22/h11-12H,1-10H2. The molecular weight excluding hydrogens is 376 g/mol. The van der Waals surface area contributed by atoms with Gasteiger partial charge in [0.25, 0.3) is 12.4 Å². The van der Waals surface area contributed by atoms with Crippen molar-refractivity contribution in [1.29, 1.82) is 0 Å². The van der Waals surface area contributed by atoms with E-state index in [1.165, 1.54) is 21.8 Å². The number of hydrogen-bond acceptors (Lipinski definition) is 12. The van der Waals surface area contributed by atoms with Crippen molar-refractivity contribution >= 4 is 11.8 Å². The van der Waals surface area contributed by atoms with E-state index in [-0.39, 0.29) is 11.8 Å². The van der Waals surface area contributed by atoms with Crippen LogP contribution in [0.5, 0.6) is 0 Å². The number of hydrogen-bond donors (Lipinski definition) is 0. The van der Waals surface area contributed by atoms with Crippen LogP contribution in [-0.2, 0) is 22.6 Å². The van der Waals surface area contributed by atoms with E-state index in [4.69, 9.17) is 18.5 Å². The van der Waals surface area contributed by atoms with Gasteiger partial charge in [-0.25, -0.2) is 10.6 Å². The fourth-order valence-electron chi connectivity index (χ4n) is 2.19. The van der Waals surface area contributed by atoms with E-state index in [2.05, 4.69) is 31.3 Å². The van der Waals surface area contributed by atoms with E-state index in [0.29, 0.717) is 39.5 Å². The normalized spacial score (nSPS) is 11.9. The minimum atomic E-state index is 0.0750. The molecule has 0 amide bonds. The molecule has 14 nitrogen and oxygen atoms in total. The van der Waals surface area contributed by atoms with Crippen LogP contribution in [0.25, 0.3) is 0 Å². The first kappa shape index (κ1) is 21.3. The Labute approximate surface area is 159 Å². The highest BCUT2D eigenvalue weighted by atomic mass is 16.5. The molecule has 0 aliphatic carbocycles. The molecule has 0 aliphatic rings. The fraction of sp³-hybridized carbons (Fsp3) is 0.714. The molecule has 0 saturated heterocycles. The van der Waals surface area contributed by atoms with Gasteiger partial charge in [-0.05, 0) is 12.8 Å². The number of nitrogens with zero attached hydrogens (tertiary/aromatic N) is 8. The van der Waals surface area contributed by atoms with Gasteiger partial charge in [0, 0.05) is 26.1 Å². The van der Waals surface area contributed by atoms with Crippen molar-refractivity contribution in [1.82, 2.24) is 10.5 Å². The van der Waals surface area contributed by atoms with Gasteiger partial charge in [0.15, 0.2) is 13.1 Å². The maximum absolute atomic E-state index is 9.96. The molecule has 0 aliphatic heterocycles. The lowest BCUT2D eigenvalue weighted by Crippen LogP contribution is -2.35. The van der Waals surface area contributed by atoms with Gasteiger partial charge in [-0.2, -0.15) is 0 Å². The van der Waals surface area contributed by atoms with Gasteiger partial charge >= 0.3 is 11.8 Å². The molecule has 154 valence electrons. The SMILES string of the molecule is [O-]/N=N/c1c[n+](CCCOCCCCOCCC[n+]2cc(/N=N/[O-])on2)no1. The van der Waals surface area contributed by atoms with Crippen LogP contribution < -0.4 is 9.36 Å². The number of aromatic nitrogens is 4. The van der Waals surface area contributed by atoms with Crippen molar-refractivity contribution in [3.8, 4) is 0 Å². The van der Waals surface area contributed by atoms with Crippen molar-refractivity contribution in [2.45, 2.75) is 38.8 Å². The number of rotatable bonds is 15. The Morgan fingerprint density at radius 1 is 0.750 bits per heavy atom. The largest absolute Gasteiger partial charge is 0.775 e. The van der Waals surface area contributed by atoms with Crippen LogP contribution in [0.4, 0.5) is 11.8 Å². The molecule has 0 bridgehead atoms. The minimum Gasteiger partial charge on any atom is -0.775 e. The summed E-state index contributed by atoms with van der Waals surface area (Å²) in [6.45, 7) is 3.73. The van der Waals surface area contributed by atoms with Gasteiger partial charge in [0.05, 0.1) is 13.2 Å². The number of aryl methyl sites for hydroxylation is 2. The van der Waals surface area contributed by atoms with Crippen molar-refractivity contribution in [3.63, 3.8) is 0 Å². The average Bonchev–Trinajstić information content (AvgIpc) is 3.33. The highest BCUT2D eigenvalue weighted by Gasteiger charge is 2.10. The van der Waals surface area contributed by atoms with Crippen LogP contribution in [0.15, 0.2) is 42.2 Å².